The second-order valence-electron chi connectivity index (χ2n) is 5.81. The summed E-state index contributed by atoms with van der Waals surface area (Å²) in [6.07, 6.45) is 0. The van der Waals surface area contributed by atoms with Crippen molar-refractivity contribution in [1.82, 2.24) is 0 Å². The number of carbonyl (C=O) groups excluding carboxylic acids is 1. The smallest absolute Gasteiger partial charge is 0.338 e. The van der Waals surface area contributed by atoms with Crippen LogP contribution in [0.15, 0.2) is 42.5 Å². The lowest BCUT2D eigenvalue weighted by Gasteiger charge is -2.19. The van der Waals surface area contributed by atoms with E-state index in [2.05, 4.69) is 0 Å². The van der Waals surface area contributed by atoms with Gasteiger partial charge in [-0.15, -0.1) is 0 Å². The van der Waals surface area contributed by atoms with Crippen LogP contribution in [0.3, 0.4) is 0 Å². The zero-order valence-electron chi connectivity index (χ0n) is 12.7. The van der Waals surface area contributed by atoms with Gasteiger partial charge in [-0.25, -0.2) is 4.79 Å². The van der Waals surface area contributed by atoms with Crippen molar-refractivity contribution < 1.29 is 14.3 Å². The van der Waals surface area contributed by atoms with Crippen molar-refractivity contribution in [3.8, 4) is 11.5 Å². The van der Waals surface area contributed by atoms with Crippen LogP contribution in [0.2, 0.25) is 5.02 Å². The summed E-state index contributed by atoms with van der Waals surface area (Å²) >= 11 is 5.82. The van der Waals surface area contributed by atoms with Crippen molar-refractivity contribution in [2.24, 2.45) is 0 Å². The highest BCUT2D eigenvalue weighted by Gasteiger charge is 2.18. The van der Waals surface area contributed by atoms with Gasteiger partial charge in [0.05, 0.1) is 11.3 Å². The lowest BCUT2D eigenvalue weighted by atomic mass is 10.1. The Balaban J connectivity index is 2.16. The molecule has 4 nitrogen and oxygen atoms in total. The van der Waals surface area contributed by atoms with Gasteiger partial charge in [-0.1, -0.05) is 11.6 Å². The monoisotopic (exact) mass is 319 g/mol. The van der Waals surface area contributed by atoms with Crippen molar-refractivity contribution in [1.29, 1.82) is 0 Å². The van der Waals surface area contributed by atoms with E-state index in [1.807, 2.05) is 20.8 Å². The van der Waals surface area contributed by atoms with Crippen molar-refractivity contribution in [2.75, 3.05) is 5.73 Å². The molecule has 0 saturated carbocycles. The zero-order chi connectivity index (χ0) is 16.3. The van der Waals surface area contributed by atoms with Crippen LogP contribution in [0.4, 0.5) is 5.69 Å². The number of carbonyl (C=O) groups is 1. The molecule has 0 unspecified atom stereocenters. The number of esters is 1. The van der Waals surface area contributed by atoms with Gasteiger partial charge in [0.2, 0.25) is 0 Å². The van der Waals surface area contributed by atoms with E-state index in [1.54, 1.807) is 42.5 Å². The first-order valence-electron chi connectivity index (χ1n) is 6.81. The summed E-state index contributed by atoms with van der Waals surface area (Å²) in [4.78, 5) is 12.0. The summed E-state index contributed by atoms with van der Waals surface area (Å²) < 4.78 is 11.0. The first-order valence-corrected chi connectivity index (χ1v) is 7.19. The molecule has 5 heteroatoms. The largest absolute Gasteiger partial charge is 0.456 e. The molecule has 0 aliphatic rings. The minimum Gasteiger partial charge on any atom is -0.456 e. The molecule has 2 N–H and O–H groups in total. The molecule has 0 amide bonds. The van der Waals surface area contributed by atoms with Gasteiger partial charge in [-0.3, -0.25) is 0 Å². The molecule has 0 fully saturated rings. The molecule has 0 aliphatic heterocycles. The predicted molar refractivity (Wildman–Crippen MR) is 87.5 cm³/mol. The molecule has 0 radical (unpaired) electrons. The molecule has 0 bridgehead atoms. The van der Waals surface area contributed by atoms with E-state index in [1.165, 1.54) is 0 Å². The Hall–Kier alpha value is -2.20. The second kappa shape index (κ2) is 6.28. The Bertz CT molecular complexity index is 675. The summed E-state index contributed by atoms with van der Waals surface area (Å²) in [5.74, 6) is 0.660. The molecule has 0 heterocycles. The van der Waals surface area contributed by atoms with Crippen LogP contribution in [0, 0.1) is 0 Å². The summed E-state index contributed by atoms with van der Waals surface area (Å²) in [6.45, 7) is 5.44. The third kappa shape index (κ3) is 4.40. The second-order valence-corrected chi connectivity index (χ2v) is 6.25. The molecule has 22 heavy (non-hydrogen) atoms. The maximum absolute atomic E-state index is 12.0. The van der Waals surface area contributed by atoms with Gasteiger partial charge >= 0.3 is 5.97 Å². The number of rotatable bonds is 3. The van der Waals surface area contributed by atoms with Gasteiger partial charge in [-0.05, 0) is 63.2 Å². The molecule has 2 aromatic rings. The number of nitrogens with two attached hydrogens (primary N) is 1. The fourth-order valence-corrected chi connectivity index (χ4v) is 1.86. The maximum Gasteiger partial charge on any atom is 0.338 e. The number of ether oxygens (including phenoxy) is 2. The molecule has 0 spiro atoms. The third-order valence-electron chi connectivity index (χ3n) is 2.69. The normalized spacial score (nSPS) is 11.1. The number of nitrogen functional groups attached to an aromatic ring is 1. The molecule has 116 valence electrons. The van der Waals surface area contributed by atoms with Crippen LogP contribution in [-0.4, -0.2) is 11.6 Å². The average Bonchev–Trinajstić information content (AvgIpc) is 2.41. The lowest BCUT2D eigenvalue weighted by molar-refractivity contribution is 0.00696. The van der Waals surface area contributed by atoms with Crippen molar-refractivity contribution in [2.45, 2.75) is 26.4 Å². The Kier molecular flexibility index (Phi) is 4.62. The Labute approximate surface area is 134 Å². The van der Waals surface area contributed by atoms with Crippen LogP contribution >= 0.6 is 11.6 Å². The van der Waals surface area contributed by atoms with E-state index in [4.69, 9.17) is 26.8 Å². The van der Waals surface area contributed by atoms with Crippen molar-refractivity contribution in [3.63, 3.8) is 0 Å². The minimum absolute atomic E-state index is 0.360. The molecule has 2 rings (SSSR count). The van der Waals surface area contributed by atoms with Gasteiger partial charge in [0.15, 0.2) is 0 Å². The zero-order valence-corrected chi connectivity index (χ0v) is 13.5. The van der Waals surface area contributed by atoms with Crippen LogP contribution < -0.4 is 10.5 Å². The SMILES string of the molecule is CC(C)(C)OC(=O)c1ccc(Oc2ccc(Cl)cc2)c(N)c1. The summed E-state index contributed by atoms with van der Waals surface area (Å²) in [5.41, 5.74) is 6.14. The standard InChI is InChI=1S/C17H18ClNO3/c1-17(2,3)22-16(20)11-4-9-15(14(19)10-11)21-13-7-5-12(18)6-8-13/h4-10H,19H2,1-3H3. The third-order valence-corrected chi connectivity index (χ3v) is 2.94. The fourth-order valence-electron chi connectivity index (χ4n) is 1.74. The number of halogens is 1. The Morgan fingerprint density at radius 2 is 1.73 bits per heavy atom. The molecule has 0 atom stereocenters. The van der Waals surface area contributed by atoms with E-state index >= 15 is 0 Å². The molecule has 2 aromatic carbocycles. The van der Waals surface area contributed by atoms with E-state index in [9.17, 15) is 4.79 Å². The maximum atomic E-state index is 12.0. The van der Waals surface area contributed by atoms with E-state index < -0.39 is 11.6 Å². The number of hydrogen-bond acceptors (Lipinski definition) is 4. The number of benzene rings is 2. The van der Waals surface area contributed by atoms with Gasteiger partial charge < -0.3 is 15.2 Å². The molecule has 0 saturated heterocycles. The highest BCUT2D eigenvalue weighted by atomic mass is 35.5. The highest BCUT2D eigenvalue weighted by molar-refractivity contribution is 6.30. The molecular formula is C17H18ClNO3. The van der Waals surface area contributed by atoms with Gasteiger partial charge in [0.25, 0.3) is 0 Å². The van der Waals surface area contributed by atoms with Crippen LogP contribution in [0.25, 0.3) is 0 Å². The highest BCUT2D eigenvalue weighted by Crippen LogP contribution is 2.29. The topological polar surface area (TPSA) is 61.5 Å². The van der Waals surface area contributed by atoms with E-state index in [-0.39, 0.29) is 0 Å². The molecule has 0 aromatic heterocycles. The van der Waals surface area contributed by atoms with Gasteiger partial charge in [-0.2, -0.15) is 0 Å². The van der Waals surface area contributed by atoms with Crippen LogP contribution in [0.1, 0.15) is 31.1 Å². The number of anilines is 1. The summed E-state index contributed by atoms with van der Waals surface area (Å²) in [7, 11) is 0. The molecule has 0 aliphatic carbocycles. The van der Waals surface area contributed by atoms with Crippen LogP contribution in [0.5, 0.6) is 11.5 Å². The predicted octanol–water partition coefficient (Wildman–Crippen LogP) is 4.67. The minimum atomic E-state index is -0.551. The van der Waals surface area contributed by atoms with Gasteiger partial charge in [0.1, 0.15) is 17.1 Å². The Morgan fingerprint density at radius 3 is 2.27 bits per heavy atom. The van der Waals surface area contributed by atoms with Crippen molar-refractivity contribution >= 4 is 23.3 Å². The molecular weight excluding hydrogens is 302 g/mol. The number of hydrogen-bond donors (Lipinski definition) is 1. The summed E-state index contributed by atoms with van der Waals surface area (Å²) in [5, 5.41) is 0.626. The van der Waals surface area contributed by atoms with Gasteiger partial charge in [0, 0.05) is 5.02 Å². The lowest BCUT2D eigenvalue weighted by Crippen LogP contribution is -2.23. The average molecular weight is 320 g/mol. The Morgan fingerprint density at radius 1 is 1.09 bits per heavy atom. The first-order chi connectivity index (χ1) is 10.2. The van der Waals surface area contributed by atoms with E-state index in [0.717, 1.165) is 0 Å². The summed E-state index contributed by atoms with van der Waals surface area (Å²) in [6, 6.07) is 11.7. The first kappa shape index (κ1) is 16.2. The van der Waals surface area contributed by atoms with E-state index in [0.29, 0.717) is 27.8 Å². The quantitative estimate of drug-likeness (QED) is 0.659. The van der Waals surface area contributed by atoms with Crippen molar-refractivity contribution in [3.05, 3.63) is 53.1 Å². The van der Waals surface area contributed by atoms with Crippen LogP contribution in [-0.2, 0) is 4.74 Å². The fraction of sp³-hybridized carbons (Fsp3) is 0.235.